The number of sulfone groups is 1. The third-order valence-electron chi connectivity index (χ3n) is 3.37. The van der Waals surface area contributed by atoms with Crippen molar-refractivity contribution < 1.29 is 26.9 Å². The molecule has 2 aromatic rings. The van der Waals surface area contributed by atoms with E-state index in [1.54, 1.807) is 0 Å². The molecule has 0 heterocycles. The summed E-state index contributed by atoms with van der Waals surface area (Å²) in [5, 5.41) is 13.6. The quantitative estimate of drug-likeness (QED) is 0.592. The van der Waals surface area contributed by atoms with Gasteiger partial charge in [-0.3, -0.25) is 10.1 Å². The Bertz CT molecular complexity index is 887. The molecule has 10 heteroatoms. The average Bonchev–Trinajstić information content (AvgIpc) is 2.59. The van der Waals surface area contributed by atoms with Gasteiger partial charge >= 0.3 is 5.76 Å². The number of anilines is 1. The lowest BCUT2D eigenvalue weighted by Crippen LogP contribution is -2.14. The maximum atomic E-state index is 12.8. The fraction of sp³-hybridized carbons (Fsp3) is 0.200. The number of benzene rings is 2. The van der Waals surface area contributed by atoms with Gasteiger partial charge in [-0.2, -0.15) is 8.78 Å². The van der Waals surface area contributed by atoms with E-state index in [4.69, 9.17) is 4.74 Å². The van der Waals surface area contributed by atoms with Gasteiger partial charge in [0, 0.05) is 24.2 Å². The van der Waals surface area contributed by atoms with Crippen molar-refractivity contribution in [3.05, 3.63) is 58.1 Å². The second-order valence-corrected chi connectivity index (χ2v) is 6.79. The highest BCUT2D eigenvalue weighted by atomic mass is 32.2. The molecule has 0 fully saturated rings. The van der Waals surface area contributed by atoms with E-state index in [-0.39, 0.29) is 17.9 Å². The number of hydrogen-bond donors (Lipinski definition) is 1. The van der Waals surface area contributed by atoms with Crippen LogP contribution in [0.5, 0.6) is 5.75 Å². The van der Waals surface area contributed by atoms with Crippen molar-refractivity contribution in [3.63, 3.8) is 0 Å². The zero-order valence-electron chi connectivity index (χ0n) is 13.0. The molecule has 134 valence electrons. The average molecular weight is 372 g/mol. The van der Waals surface area contributed by atoms with Gasteiger partial charge in [-0.25, -0.2) is 8.42 Å². The molecular formula is C15H14F2N2O5S. The van der Waals surface area contributed by atoms with Crippen LogP contribution in [0, 0.1) is 10.1 Å². The van der Waals surface area contributed by atoms with Crippen molar-refractivity contribution in [2.24, 2.45) is 0 Å². The van der Waals surface area contributed by atoms with Gasteiger partial charge in [-0.1, -0.05) is 12.1 Å². The molecule has 0 aliphatic rings. The van der Waals surface area contributed by atoms with E-state index >= 15 is 0 Å². The number of hydrogen-bond acceptors (Lipinski definition) is 6. The van der Waals surface area contributed by atoms with Gasteiger partial charge in [0.2, 0.25) is 9.84 Å². The van der Waals surface area contributed by atoms with Crippen LogP contribution < -0.4 is 10.1 Å². The number of alkyl halides is 2. The summed E-state index contributed by atoms with van der Waals surface area (Å²) in [6, 6.07) is 9.13. The molecular weight excluding hydrogens is 358 g/mol. The molecule has 0 atom stereocenters. The van der Waals surface area contributed by atoms with Gasteiger partial charge in [-0.05, 0) is 18.2 Å². The first-order valence-corrected chi connectivity index (χ1v) is 8.48. The highest BCUT2D eigenvalue weighted by Crippen LogP contribution is 2.29. The Morgan fingerprint density at radius 1 is 1.24 bits per heavy atom. The number of non-ortho nitro benzene ring substituents is 1. The number of nitro benzene ring substituents is 1. The zero-order valence-corrected chi connectivity index (χ0v) is 13.8. The SMILES string of the molecule is COc1ccc([N+](=O)[O-])cc1CNc1ccccc1S(=O)(=O)C(F)F. The van der Waals surface area contributed by atoms with Crippen molar-refractivity contribution in [2.45, 2.75) is 17.2 Å². The normalized spacial score (nSPS) is 11.4. The summed E-state index contributed by atoms with van der Waals surface area (Å²) in [4.78, 5) is 9.74. The van der Waals surface area contributed by atoms with E-state index in [1.165, 1.54) is 43.5 Å². The second kappa shape index (κ2) is 7.43. The standard InChI is InChI=1S/C15H14F2N2O5S/c1-24-13-7-6-11(19(20)21)8-10(13)9-18-12-4-2-3-5-14(12)25(22,23)15(16)17/h2-8,15,18H,9H2,1H3. The Labute approximate surface area is 142 Å². The molecule has 0 aromatic heterocycles. The van der Waals surface area contributed by atoms with Crippen LogP contribution in [-0.4, -0.2) is 26.2 Å². The predicted octanol–water partition coefficient (Wildman–Crippen LogP) is 3.21. The summed E-state index contributed by atoms with van der Waals surface area (Å²) in [5.41, 5.74) is 0.170. The zero-order chi connectivity index (χ0) is 18.6. The van der Waals surface area contributed by atoms with Gasteiger partial charge in [0.05, 0.1) is 22.6 Å². The molecule has 0 spiro atoms. The largest absolute Gasteiger partial charge is 0.496 e. The minimum atomic E-state index is -4.78. The number of halogens is 2. The van der Waals surface area contributed by atoms with E-state index in [0.717, 1.165) is 6.07 Å². The first-order chi connectivity index (χ1) is 11.8. The van der Waals surface area contributed by atoms with Crippen molar-refractivity contribution in [2.75, 3.05) is 12.4 Å². The lowest BCUT2D eigenvalue weighted by atomic mass is 10.1. The van der Waals surface area contributed by atoms with Crippen LogP contribution in [0.15, 0.2) is 47.4 Å². The Morgan fingerprint density at radius 2 is 1.92 bits per heavy atom. The van der Waals surface area contributed by atoms with Crippen molar-refractivity contribution in [1.82, 2.24) is 0 Å². The highest BCUT2D eigenvalue weighted by Gasteiger charge is 2.29. The monoisotopic (exact) mass is 372 g/mol. The van der Waals surface area contributed by atoms with Crippen molar-refractivity contribution >= 4 is 21.2 Å². The van der Waals surface area contributed by atoms with E-state index < -0.39 is 25.4 Å². The molecule has 7 nitrogen and oxygen atoms in total. The minimum Gasteiger partial charge on any atom is -0.496 e. The molecule has 0 amide bonds. The maximum Gasteiger partial charge on any atom is 0.341 e. The second-order valence-electron chi connectivity index (χ2n) is 4.91. The number of para-hydroxylation sites is 1. The topological polar surface area (TPSA) is 98.5 Å². The fourth-order valence-electron chi connectivity index (χ4n) is 2.16. The van der Waals surface area contributed by atoms with Gasteiger partial charge in [0.1, 0.15) is 5.75 Å². The number of rotatable bonds is 7. The van der Waals surface area contributed by atoms with Crippen LogP contribution in [0.4, 0.5) is 20.2 Å². The molecule has 1 N–H and O–H groups in total. The highest BCUT2D eigenvalue weighted by molar-refractivity contribution is 7.91. The smallest absolute Gasteiger partial charge is 0.341 e. The Kier molecular flexibility index (Phi) is 5.52. The Balaban J connectivity index is 2.34. The van der Waals surface area contributed by atoms with Crippen molar-refractivity contribution in [1.29, 1.82) is 0 Å². The van der Waals surface area contributed by atoms with Gasteiger partial charge in [-0.15, -0.1) is 0 Å². The molecule has 2 rings (SSSR count). The van der Waals surface area contributed by atoms with Gasteiger partial charge < -0.3 is 10.1 Å². The number of nitrogens with one attached hydrogen (secondary N) is 1. The number of ether oxygens (including phenoxy) is 1. The summed E-state index contributed by atoms with van der Waals surface area (Å²) in [5.74, 6) is -3.21. The number of nitrogens with zero attached hydrogens (tertiary/aromatic N) is 1. The predicted molar refractivity (Wildman–Crippen MR) is 86.6 cm³/mol. The summed E-state index contributed by atoms with van der Waals surface area (Å²) in [7, 11) is -3.41. The maximum absolute atomic E-state index is 12.8. The third-order valence-corrected chi connectivity index (χ3v) is 4.81. The summed E-state index contributed by atoms with van der Waals surface area (Å²) < 4.78 is 54.1. The molecule has 0 aliphatic carbocycles. The van der Waals surface area contributed by atoms with Crippen LogP contribution in [0.3, 0.4) is 0 Å². The summed E-state index contributed by atoms with van der Waals surface area (Å²) in [6.07, 6.45) is 0. The van der Waals surface area contributed by atoms with Crippen LogP contribution in [0.1, 0.15) is 5.56 Å². The van der Waals surface area contributed by atoms with E-state index in [9.17, 15) is 27.3 Å². The van der Waals surface area contributed by atoms with Crippen LogP contribution in [0.25, 0.3) is 0 Å². The summed E-state index contributed by atoms with van der Waals surface area (Å²) in [6.45, 7) is -0.0549. The van der Waals surface area contributed by atoms with E-state index in [2.05, 4.69) is 5.32 Å². The molecule has 2 aromatic carbocycles. The first kappa shape index (κ1) is 18.6. The molecule has 0 saturated carbocycles. The molecule has 0 unspecified atom stereocenters. The number of nitro groups is 1. The van der Waals surface area contributed by atoms with Gasteiger partial charge in [0.15, 0.2) is 0 Å². The van der Waals surface area contributed by atoms with Crippen LogP contribution in [-0.2, 0) is 16.4 Å². The number of methoxy groups -OCH3 is 1. The third kappa shape index (κ3) is 4.02. The van der Waals surface area contributed by atoms with Gasteiger partial charge in [0.25, 0.3) is 5.69 Å². The Morgan fingerprint density at radius 3 is 2.52 bits per heavy atom. The van der Waals surface area contributed by atoms with Crippen molar-refractivity contribution in [3.8, 4) is 5.75 Å². The van der Waals surface area contributed by atoms with Crippen LogP contribution >= 0.6 is 0 Å². The lowest BCUT2D eigenvalue weighted by Gasteiger charge is -2.14. The Hall–Kier alpha value is -2.75. The molecule has 0 saturated heterocycles. The lowest BCUT2D eigenvalue weighted by molar-refractivity contribution is -0.384. The molecule has 0 radical (unpaired) electrons. The molecule has 25 heavy (non-hydrogen) atoms. The minimum absolute atomic E-state index is 0.0311. The van der Waals surface area contributed by atoms with E-state index in [1.807, 2.05) is 0 Å². The fourth-order valence-corrected chi connectivity index (χ4v) is 3.07. The summed E-state index contributed by atoms with van der Waals surface area (Å²) >= 11 is 0. The first-order valence-electron chi connectivity index (χ1n) is 6.93. The van der Waals surface area contributed by atoms with E-state index in [0.29, 0.717) is 11.3 Å². The molecule has 0 aliphatic heterocycles. The molecule has 0 bridgehead atoms. The van der Waals surface area contributed by atoms with Crippen LogP contribution in [0.2, 0.25) is 0 Å².